The summed E-state index contributed by atoms with van der Waals surface area (Å²) in [5, 5.41) is 7.60. The highest BCUT2D eigenvalue weighted by Gasteiger charge is 2.27. The molecule has 0 saturated carbocycles. The molecule has 2 heterocycles. The summed E-state index contributed by atoms with van der Waals surface area (Å²) in [5.41, 5.74) is 1.29. The molecule has 0 amide bonds. The normalized spacial score (nSPS) is 22.4. The number of hydrogen-bond donors (Lipinski definition) is 1. The zero-order valence-electron chi connectivity index (χ0n) is 12.5. The van der Waals surface area contributed by atoms with Crippen LogP contribution in [0.2, 0.25) is 0 Å². The Kier molecular flexibility index (Phi) is 4.60. The van der Waals surface area contributed by atoms with Crippen LogP contribution in [0.5, 0.6) is 0 Å². The topological polar surface area (TPSA) is 51.0 Å². The minimum atomic E-state index is 0.212. The van der Waals surface area contributed by atoms with E-state index in [9.17, 15) is 0 Å². The van der Waals surface area contributed by atoms with E-state index in [-0.39, 0.29) is 6.04 Å². The van der Waals surface area contributed by atoms with Gasteiger partial charge in [0, 0.05) is 4.90 Å². The van der Waals surface area contributed by atoms with Crippen LogP contribution < -0.4 is 5.32 Å². The van der Waals surface area contributed by atoms with E-state index in [1.807, 2.05) is 0 Å². The second kappa shape index (κ2) is 6.62. The van der Waals surface area contributed by atoms with E-state index >= 15 is 0 Å². The number of piperidine rings is 1. The average molecular weight is 303 g/mol. The lowest BCUT2D eigenvalue weighted by Gasteiger charge is -2.26. The number of thioether (sulfide) groups is 1. The van der Waals surface area contributed by atoms with Crippen LogP contribution in [0.15, 0.2) is 33.7 Å². The van der Waals surface area contributed by atoms with Crippen LogP contribution >= 0.6 is 11.8 Å². The van der Waals surface area contributed by atoms with E-state index < -0.39 is 0 Å². The standard InChI is InChI=1S/C16H21N3OS/c1-11-6-3-4-8-13(11)21-10-14-18-16(20-19-14)15-12(2)7-5-9-17-15/h3-4,6,8,12,15,17H,5,7,9-10H2,1-2H3. The highest BCUT2D eigenvalue weighted by molar-refractivity contribution is 7.98. The Bertz CT molecular complexity index is 599. The van der Waals surface area contributed by atoms with Gasteiger partial charge in [-0.15, -0.1) is 11.8 Å². The number of aryl methyl sites for hydroxylation is 1. The molecule has 1 aromatic carbocycles. The molecule has 0 bridgehead atoms. The number of hydrogen-bond acceptors (Lipinski definition) is 5. The summed E-state index contributed by atoms with van der Waals surface area (Å²) >= 11 is 1.76. The van der Waals surface area contributed by atoms with Crippen molar-refractivity contribution in [1.82, 2.24) is 15.5 Å². The third kappa shape index (κ3) is 3.47. The van der Waals surface area contributed by atoms with Crippen molar-refractivity contribution in [3.63, 3.8) is 0 Å². The summed E-state index contributed by atoms with van der Waals surface area (Å²) in [5.74, 6) is 2.81. The van der Waals surface area contributed by atoms with Gasteiger partial charge in [-0.05, 0) is 43.9 Å². The molecule has 0 spiro atoms. The second-order valence-electron chi connectivity index (χ2n) is 5.65. The van der Waals surface area contributed by atoms with Gasteiger partial charge < -0.3 is 9.84 Å². The van der Waals surface area contributed by atoms with Gasteiger partial charge in [-0.2, -0.15) is 4.98 Å². The Hall–Kier alpha value is -1.33. The number of nitrogens with zero attached hydrogens (tertiary/aromatic N) is 2. The fourth-order valence-electron chi connectivity index (χ4n) is 2.69. The van der Waals surface area contributed by atoms with Gasteiger partial charge >= 0.3 is 0 Å². The maximum Gasteiger partial charge on any atom is 0.244 e. The van der Waals surface area contributed by atoms with Gasteiger partial charge in [-0.3, -0.25) is 0 Å². The van der Waals surface area contributed by atoms with E-state index in [2.05, 4.69) is 53.6 Å². The molecule has 4 nitrogen and oxygen atoms in total. The number of nitrogens with one attached hydrogen (secondary N) is 1. The Morgan fingerprint density at radius 1 is 1.38 bits per heavy atom. The molecule has 5 heteroatoms. The van der Waals surface area contributed by atoms with Crippen LogP contribution in [0.1, 0.15) is 43.1 Å². The van der Waals surface area contributed by atoms with Crippen molar-refractivity contribution in [3.8, 4) is 0 Å². The predicted molar refractivity (Wildman–Crippen MR) is 84.2 cm³/mol. The smallest absolute Gasteiger partial charge is 0.244 e. The SMILES string of the molecule is Cc1ccccc1SCc1noc(C2NCCCC2C)n1. The predicted octanol–water partition coefficient (Wildman–Crippen LogP) is 3.73. The molecule has 2 unspecified atom stereocenters. The van der Waals surface area contributed by atoms with Crippen molar-refractivity contribution < 1.29 is 4.52 Å². The molecule has 1 saturated heterocycles. The lowest BCUT2D eigenvalue weighted by atomic mass is 9.93. The van der Waals surface area contributed by atoms with Gasteiger partial charge in [-0.25, -0.2) is 0 Å². The fraction of sp³-hybridized carbons (Fsp3) is 0.500. The molecule has 1 N–H and O–H groups in total. The highest BCUT2D eigenvalue weighted by Crippen LogP contribution is 2.29. The van der Waals surface area contributed by atoms with Crippen LogP contribution in [0.25, 0.3) is 0 Å². The first-order valence-corrected chi connectivity index (χ1v) is 8.47. The molecule has 1 aliphatic heterocycles. The van der Waals surface area contributed by atoms with Crippen LogP contribution in [0.4, 0.5) is 0 Å². The first kappa shape index (κ1) is 14.6. The molecule has 3 rings (SSSR count). The molecule has 0 radical (unpaired) electrons. The number of rotatable bonds is 4. The van der Waals surface area contributed by atoms with Crippen molar-refractivity contribution in [2.75, 3.05) is 6.54 Å². The molecule has 1 fully saturated rings. The van der Waals surface area contributed by atoms with Crippen LogP contribution in [0, 0.1) is 12.8 Å². The largest absolute Gasteiger partial charge is 0.338 e. The zero-order valence-corrected chi connectivity index (χ0v) is 13.3. The van der Waals surface area contributed by atoms with Crippen molar-refractivity contribution >= 4 is 11.8 Å². The van der Waals surface area contributed by atoms with Crippen LogP contribution in [-0.4, -0.2) is 16.7 Å². The first-order valence-electron chi connectivity index (χ1n) is 7.48. The molecular weight excluding hydrogens is 282 g/mol. The Balaban J connectivity index is 1.64. The third-order valence-corrected chi connectivity index (χ3v) is 5.14. The monoisotopic (exact) mass is 303 g/mol. The molecule has 1 aliphatic rings. The molecule has 1 aromatic heterocycles. The summed E-state index contributed by atoms with van der Waals surface area (Å²) in [6.45, 7) is 5.39. The highest BCUT2D eigenvalue weighted by atomic mass is 32.2. The molecular formula is C16H21N3OS. The Morgan fingerprint density at radius 2 is 2.24 bits per heavy atom. The van der Waals surface area contributed by atoms with Gasteiger partial charge in [0.15, 0.2) is 5.82 Å². The quantitative estimate of drug-likeness (QED) is 0.872. The summed E-state index contributed by atoms with van der Waals surface area (Å²) in [4.78, 5) is 5.84. The molecule has 112 valence electrons. The molecule has 21 heavy (non-hydrogen) atoms. The van der Waals surface area contributed by atoms with E-state index in [1.54, 1.807) is 11.8 Å². The van der Waals surface area contributed by atoms with Crippen LogP contribution in [-0.2, 0) is 5.75 Å². The van der Waals surface area contributed by atoms with Crippen molar-refractivity contribution in [3.05, 3.63) is 41.5 Å². The Labute approximate surface area is 129 Å². The van der Waals surface area contributed by atoms with Crippen molar-refractivity contribution in [2.45, 2.75) is 43.4 Å². The van der Waals surface area contributed by atoms with Gasteiger partial charge in [0.2, 0.25) is 5.89 Å². The zero-order chi connectivity index (χ0) is 14.7. The molecule has 0 aliphatic carbocycles. The Morgan fingerprint density at radius 3 is 3.05 bits per heavy atom. The van der Waals surface area contributed by atoms with Crippen molar-refractivity contribution in [1.29, 1.82) is 0 Å². The van der Waals surface area contributed by atoms with Crippen molar-refractivity contribution in [2.24, 2.45) is 5.92 Å². The number of benzene rings is 1. The minimum absolute atomic E-state index is 0.212. The van der Waals surface area contributed by atoms with E-state index in [4.69, 9.17) is 4.52 Å². The maximum absolute atomic E-state index is 5.46. The fourth-order valence-corrected chi connectivity index (χ4v) is 3.57. The minimum Gasteiger partial charge on any atom is -0.338 e. The molecule has 2 aromatic rings. The average Bonchev–Trinajstić information content (AvgIpc) is 2.96. The first-order chi connectivity index (χ1) is 10.2. The maximum atomic E-state index is 5.46. The summed E-state index contributed by atoms with van der Waals surface area (Å²) in [7, 11) is 0. The van der Waals surface area contributed by atoms with E-state index in [0.717, 1.165) is 24.0 Å². The second-order valence-corrected chi connectivity index (χ2v) is 6.67. The number of aromatic nitrogens is 2. The summed E-state index contributed by atoms with van der Waals surface area (Å²) in [6.07, 6.45) is 2.44. The van der Waals surface area contributed by atoms with Gasteiger partial charge in [-0.1, -0.05) is 30.3 Å². The molecule has 2 atom stereocenters. The third-order valence-electron chi connectivity index (χ3n) is 3.97. The lowest BCUT2D eigenvalue weighted by Crippen LogP contribution is -2.33. The summed E-state index contributed by atoms with van der Waals surface area (Å²) < 4.78 is 5.46. The lowest BCUT2D eigenvalue weighted by molar-refractivity contribution is 0.239. The van der Waals surface area contributed by atoms with E-state index in [1.165, 1.54) is 23.3 Å². The van der Waals surface area contributed by atoms with Gasteiger partial charge in [0.1, 0.15) is 0 Å². The van der Waals surface area contributed by atoms with E-state index in [0.29, 0.717) is 5.92 Å². The van der Waals surface area contributed by atoms with Crippen LogP contribution in [0.3, 0.4) is 0 Å². The van der Waals surface area contributed by atoms with Gasteiger partial charge in [0.05, 0.1) is 11.8 Å². The van der Waals surface area contributed by atoms with Gasteiger partial charge in [0.25, 0.3) is 0 Å². The summed E-state index contributed by atoms with van der Waals surface area (Å²) in [6, 6.07) is 8.58.